The van der Waals surface area contributed by atoms with Crippen LogP contribution in [0.25, 0.3) is 0 Å². The van der Waals surface area contributed by atoms with Gasteiger partial charge in [0.05, 0.1) is 11.0 Å². The van der Waals surface area contributed by atoms with Gasteiger partial charge in [-0.25, -0.2) is 0 Å². The number of likely N-dealkylation sites (N-methyl/N-ethyl adjacent to an activating group) is 1. The van der Waals surface area contributed by atoms with Gasteiger partial charge in [0.15, 0.2) is 0 Å². The number of nitrogens with zero attached hydrogens (tertiary/aromatic N) is 2. The lowest BCUT2D eigenvalue weighted by Gasteiger charge is -2.21. The van der Waals surface area contributed by atoms with Crippen molar-refractivity contribution >= 4 is 11.6 Å². The number of amides is 1. The SMILES string of the molecule is CC(C)C(=O)NCCN(C)CC(O)c1cccc([N+](=O)[O-])c1. The molecular formula is C15H23N3O4. The largest absolute Gasteiger partial charge is 0.387 e. The Labute approximate surface area is 130 Å². The number of nitrogens with one attached hydrogen (secondary N) is 1. The summed E-state index contributed by atoms with van der Waals surface area (Å²) in [6, 6.07) is 5.98. The minimum Gasteiger partial charge on any atom is -0.387 e. The van der Waals surface area contributed by atoms with Crippen molar-refractivity contribution in [1.29, 1.82) is 0 Å². The summed E-state index contributed by atoms with van der Waals surface area (Å²) in [7, 11) is 1.82. The predicted octanol–water partition coefficient (Wildman–Crippen LogP) is 1.33. The number of hydrogen-bond acceptors (Lipinski definition) is 5. The predicted molar refractivity (Wildman–Crippen MR) is 83.4 cm³/mol. The molecule has 0 fully saturated rings. The molecule has 0 bridgehead atoms. The average Bonchev–Trinajstić information content (AvgIpc) is 2.46. The van der Waals surface area contributed by atoms with Crippen molar-refractivity contribution in [1.82, 2.24) is 10.2 Å². The number of hydrogen-bond donors (Lipinski definition) is 2. The van der Waals surface area contributed by atoms with Crippen molar-refractivity contribution in [3.05, 3.63) is 39.9 Å². The van der Waals surface area contributed by atoms with Crippen LogP contribution < -0.4 is 5.32 Å². The Bertz CT molecular complexity index is 519. The van der Waals surface area contributed by atoms with Gasteiger partial charge in [-0.05, 0) is 12.6 Å². The molecular weight excluding hydrogens is 286 g/mol. The summed E-state index contributed by atoms with van der Waals surface area (Å²) in [4.78, 5) is 23.5. The molecule has 0 aliphatic rings. The second kappa shape index (κ2) is 8.45. The molecule has 0 spiro atoms. The molecule has 1 amide bonds. The van der Waals surface area contributed by atoms with E-state index in [0.717, 1.165) is 0 Å². The smallest absolute Gasteiger partial charge is 0.269 e. The summed E-state index contributed by atoms with van der Waals surface area (Å²) in [6.45, 7) is 5.06. The monoisotopic (exact) mass is 309 g/mol. The summed E-state index contributed by atoms with van der Waals surface area (Å²) in [6.07, 6.45) is -0.814. The highest BCUT2D eigenvalue weighted by Crippen LogP contribution is 2.19. The zero-order chi connectivity index (χ0) is 16.7. The molecule has 0 aliphatic carbocycles. The van der Waals surface area contributed by atoms with Crippen molar-refractivity contribution in [3.63, 3.8) is 0 Å². The van der Waals surface area contributed by atoms with E-state index in [-0.39, 0.29) is 17.5 Å². The first-order chi connectivity index (χ1) is 10.3. The van der Waals surface area contributed by atoms with Gasteiger partial charge < -0.3 is 15.3 Å². The lowest BCUT2D eigenvalue weighted by molar-refractivity contribution is -0.385. The fourth-order valence-electron chi connectivity index (χ4n) is 1.91. The van der Waals surface area contributed by atoms with Crippen molar-refractivity contribution in [2.24, 2.45) is 5.92 Å². The summed E-state index contributed by atoms with van der Waals surface area (Å²) < 4.78 is 0. The van der Waals surface area contributed by atoms with Crippen LogP contribution in [0.3, 0.4) is 0 Å². The normalized spacial score (nSPS) is 12.5. The van der Waals surface area contributed by atoms with Crippen LogP contribution >= 0.6 is 0 Å². The fraction of sp³-hybridized carbons (Fsp3) is 0.533. The van der Waals surface area contributed by atoms with Crippen molar-refractivity contribution < 1.29 is 14.8 Å². The topological polar surface area (TPSA) is 95.7 Å². The van der Waals surface area contributed by atoms with Gasteiger partial charge in [-0.1, -0.05) is 26.0 Å². The van der Waals surface area contributed by atoms with Gasteiger partial charge in [0.1, 0.15) is 0 Å². The fourth-order valence-corrected chi connectivity index (χ4v) is 1.91. The minimum absolute atomic E-state index is 0.00682. The van der Waals surface area contributed by atoms with E-state index in [9.17, 15) is 20.0 Å². The van der Waals surface area contributed by atoms with Crippen LogP contribution in [0.5, 0.6) is 0 Å². The number of aliphatic hydroxyl groups is 1. The quantitative estimate of drug-likeness (QED) is 0.558. The van der Waals surface area contributed by atoms with E-state index in [2.05, 4.69) is 5.32 Å². The van der Waals surface area contributed by atoms with E-state index in [1.165, 1.54) is 12.1 Å². The zero-order valence-electron chi connectivity index (χ0n) is 13.2. The van der Waals surface area contributed by atoms with Crippen LogP contribution in [0.2, 0.25) is 0 Å². The Morgan fingerprint density at radius 2 is 2.14 bits per heavy atom. The standard InChI is InChI=1S/C15H23N3O4/c1-11(2)15(20)16-7-8-17(3)10-14(19)12-5-4-6-13(9-12)18(21)22/h4-6,9,11,14,19H,7-8,10H2,1-3H3,(H,16,20). The molecule has 0 aromatic heterocycles. The maximum absolute atomic E-state index is 11.4. The summed E-state index contributed by atoms with van der Waals surface area (Å²) in [5, 5.41) is 23.7. The number of carbonyl (C=O) groups excluding carboxylic acids is 1. The highest BCUT2D eigenvalue weighted by molar-refractivity contribution is 5.77. The molecule has 7 nitrogen and oxygen atoms in total. The van der Waals surface area contributed by atoms with E-state index in [1.54, 1.807) is 12.1 Å². The van der Waals surface area contributed by atoms with Gasteiger partial charge in [0, 0.05) is 37.7 Å². The van der Waals surface area contributed by atoms with E-state index in [0.29, 0.717) is 25.2 Å². The Balaban J connectivity index is 2.47. The third kappa shape index (κ3) is 5.79. The highest BCUT2D eigenvalue weighted by atomic mass is 16.6. The van der Waals surface area contributed by atoms with Gasteiger partial charge in [-0.15, -0.1) is 0 Å². The number of carbonyl (C=O) groups is 1. The third-order valence-electron chi connectivity index (χ3n) is 3.27. The number of non-ortho nitro benzene ring substituents is 1. The lowest BCUT2D eigenvalue weighted by Crippen LogP contribution is -2.36. The number of rotatable bonds is 8. The first kappa shape index (κ1) is 18.1. The molecule has 1 aromatic rings. The zero-order valence-corrected chi connectivity index (χ0v) is 13.2. The molecule has 7 heteroatoms. The lowest BCUT2D eigenvalue weighted by atomic mass is 10.1. The van der Waals surface area contributed by atoms with E-state index < -0.39 is 11.0 Å². The van der Waals surface area contributed by atoms with Crippen LogP contribution in [0, 0.1) is 16.0 Å². The Kier molecular flexibility index (Phi) is 6.94. The first-order valence-electron chi connectivity index (χ1n) is 7.20. The Hall–Kier alpha value is -1.99. The van der Waals surface area contributed by atoms with Crippen molar-refractivity contribution in [2.45, 2.75) is 20.0 Å². The molecule has 1 unspecified atom stereocenters. The van der Waals surface area contributed by atoms with Gasteiger partial charge in [-0.3, -0.25) is 14.9 Å². The number of benzene rings is 1. The maximum atomic E-state index is 11.4. The average molecular weight is 309 g/mol. The molecule has 122 valence electrons. The van der Waals surface area contributed by atoms with Crippen molar-refractivity contribution in [3.8, 4) is 0 Å². The minimum atomic E-state index is -0.814. The van der Waals surface area contributed by atoms with Crippen LogP contribution in [-0.2, 0) is 4.79 Å². The second-order valence-corrected chi connectivity index (χ2v) is 5.58. The molecule has 0 aliphatic heterocycles. The molecule has 1 rings (SSSR count). The molecule has 22 heavy (non-hydrogen) atoms. The highest BCUT2D eigenvalue weighted by Gasteiger charge is 2.14. The van der Waals surface area contributed by atoms with Gasteiger partial charge in [0.2, 0.25) is 5.91 Å². The van der Waals surface area contributed by atoms with E-state index >= 15 is 0 Å². The summed E-state index contributed by atoms with van der Waals surface area (Å²) in [5.74, 6) is -0.0617. The maximum Gasteiger partial charge on any atom is 0.269 e. The first-order valence-corrected chi connectivity index (χ1v) is 7.20. The molecule has 0 radical (unpaired) electrons. The van der Waals surface area contributed by atoms with Gasteiger partial charge in [-0.2, -0.15) is 0 Å². The number of nitro groups is 1. The van der Waals surface area contributed by atoms with Crippen LogP contribution in [0.15, 0.2) is 24.3 Å². The molecule has 2 N–H and O–H groups in total. The molecule has 1 aromatic carbocycles. The summed E-state index contributed by atoms with van der Waals surface area (Å²) in [5.41, 5.74) is 0.468. The van der Waals surface area contributed by atoms with E-state index in [4.69, 9.17) is 0 Å². The third-order valence-corrected chi connectivity index (χ3v) is 3.27. The van der Waals surface area contributed by atoms with Crippen LogP contribution in [0.4, 0.5) is 5.69 Å². The Morgan fingerprint density at radius 1 is 1.45 bits per heavy atom. The van der Waals surface area contributed by atoms with Crippen LogP contribution in [-0.4, -0.2) is 47.5 Å². The van der Waals surface area contributed by atoms with Gasteiger partial charge >= 0.3 is 0 Å². The molecule has 0 saturated carbocycles. The van der Waals surface area contributed by atoms with Crippen LogP contribution in [0.1, 0.15) is 25.5 Å². The van der Waals surface area contributed by atoms with Crippen molar-refractivity contribution in [2.75, 3.05) is 26.7 Å². The molecule has 0 heterocycles. The summed E-state index contributed by atoms with van der Waals surface area (Å²) >= 11 is 0. The van der Waals surface area contributed by atoms with Gasteiger partial charge in [0.25, 0.3) is 5.69 Å². The van der Waals surface area contributed by atoms with E-state index in [1.807, 2.05) is 25.8 Å². The molecule has 1 atom stereocenters. The number of aliphatic hydroxyl groups excluding tert-OH is 1. The Morgan fingerprint density at radius 3 is 2.73 bits per heavy atom. The molecule has 0 saturated heterocycles. The second-order valence-electron chi connectivity index (χ2n) is 5.58. The number of nitro benzene ring substituents is 1.